The van der Waals surface area contributed by atoms with Crippen LogP contribution in [-0.4, -0.2) is 25.2 Å². The Bertz CT molecular complexity index is 202. The minimum absolute atomic E-state index is 0.0348. The summed E-state index contributed by atoms with van der Waals surface area (Å²) in [5.74, 6) is -0.0348. The van der Waals surface area contributed by atoms with Crippen LogP contribution in [0.15, 0.2) is 11.1 Å². The Kier molecular flexibility index (Phi) is 5.25. The van der Waals surface area contributed by atoms with Crippen molar-refractivity contribution in [2.75, 3.05) is 13.7 Å². The van der Waals surface area contributed by atoms with E-state index in [0.29, 0.717) is 13.0 Å². The molecule has 1 N–H and O–H groups in total. The Balaban J connectivity index is 3.81. The van der Waals surface area contributed by atoms with Crippen LogP contribution in [0.2, 0.25) is 0 Å². The number of hydrogen-bond acceptors (Lipinski definition) is 2. The van der Waals surface area contributed by atoms with E-state index in [1.807, 2.05) is 13.8 Å². The average Bonchev–Trinajstić information content (AvgIpc) is 2.00. The van der Waals surface area contributed by atoms with E-state index in [9.17, 15) is 4.79 Å². The molecule has 0 aliphatic carbocycles. The lowest BCUT2D eigenvalue weighted by atomic mass is 10.1. The highest BCUT2D eigenvalue weighted by atomic mass is 79.9. The number of amides is 1. The van der Waals surface area contributed by atoms with Crippen molar-refractivity contribution >= 4 is 21.8 Å². The molecular weight excluding hydrogens is 234 g/mol. The van der Waals surface area contributed by atoms with E-state index in [1.54, 1.807) is 7.11 Å². The number of nitrogens with one attached hydrogen (secondary N) is 1. The maximum Gasteiger partial charge on any atom is 0.223 e. The lowest BCUT2D eigenvalue weighted by Gasteiger charge is -2.21. The summed E-state index contributed by atoms with van der Waals surface area (Å²) in [5, 5.41) is 2.71. The molecule has 0 atom stereocenters. The molecule has 0 aliphatic rings. The van der Waals surface area contributed by atoms with Crippen molar-refractivity contribution in [1.29, 1.82) is 0 Å². The van der Waals surface area contributed by atoms with Gasteiger partial charge < -0.3 is 10.1 Å². The van der Waals surface area contributed by atoms with E-state index in [2.05, 4.69) is 27.8 Å². The van der Waals surface area contributed by atoms with Crippen molar-refractivity contribution < 1.29 is 9.53 Å². The highest BCUT2D eigenvalue weighted by Gasteiger charge is 2.20. The summed E-state index contributed by atoms with van der Waals surface area (Å²) >= 11 is 3.16. The summed E-state index contributed by atoms with van der Waals surface area (Å²) in [7, 11) is 1.59. The van der Waals surface area contributed by atoms with Crippen LogP contribution in [0.1, 0.15) is 20.3 Å². The third-order valence-corrected chi connectivity index (χ3v) is 1.90. The molecule has 0 heterocycles. The molecule has 0 spiro atoms. The van der Waals surface area contributed by atoms with Gasteiger partial charge in [-0.05, 0) is 13.8 Å². The summed E-state index contributed by atoms with van der Waals surface area (Å²) in [6.45, 7) is 7.81. The van der Waals surface area contributed by atoms with Gasteiger partial charge in [0.05, 0.1) is 12.0 Å². The zero-order valence-electron chi connectivity index (χ0n) is 8.32. The quantitative estimate of drug-likeness (QED) is 0.808. The number of rotatable bonds is 5. The van der Waals surface area contributed by atoms with Crippen molar-refractivity contribution in [3.8, 4) is 0 Å². The smallest absolute Gasteiger partial charge is 0.223 e. The van der Waals surface area contributed by atoms with E-state index in [0.717, 1.165) is 4.48 Å². The second-order valence-electron chi connectivity index (χ2n) is 3.43. The summed E-state index contributed by atoms with van der Waals surface area (Å²) in [5.41, 5.74) is -0.405. The van der Waals surface area contributed by atoms with Gasteiger partial charge in [-0.25, -0.2) is 0 Å². The Labute approximate surface area is 87.7 Å². The fourth-order valence-electron chi connectivity index (χ4n) is 0.716. The normalized spacial score (nSPS) is 11.1. The largest absolute Gasteiger partial charge is 0.378 e. The maximum atomic E-state index is 11.3. The molecular formula is C9H16BrNO2. The molecule has 0 saturated carbocycles. The molecule has 0 aromatic rings. The zero-order valence-corrected chi connectivity index (χ0v) is 9.90. The molecule has 0 aromatic heterocycles. The van der Waals surface area contributed by atoms with Crippen LogP contribution in [0.3, 0.4) is 0 Å². The van der Waals surface area contributed by atoms with Gasteiger partial charge in [0.25, 0.3) is 0 Å². The van der Waals surface area contributed by atoms with Crippen LogP contribution < -0.4 is 5.32 Å². The molecule has 4 heteroatoms. The first-order chi connectivity index (χ1) is 5.87. The van der Waals surface area contributed by atoms with Gasteiger partial charge >= 0.3 is 0 Å². The molecule has 0 rings (SSSR count). The lowest BCUT2D eigenvalue weighted by molar-refractivity contribution is -0.125. The first-order valence-corrected chi connectivity index (χ1v) is 4.82. The molecule has 0 unspecified atom stereocenters. The second-order valence-corrected chi connectivity index (χ2v) is 4.56. The lowest BCUT2D eigenvalue weighted by Crippen LogP contribution is -2.34. The molecule has 0 saturated heterocycles. The van der Waals surface area contributed by atoms with E-state index in [1.165, 1.54) is 0 Å². The summed E-state index contributed by atoms with van der Waals surface area (Å²) in [6.07, 6.45) is 0.351. The second kappa shape index (κ2) is 5.40. The molecule has 13 heavy (non-hydrogen) atoms. The molecule has 0 fully saturated rings. The van der Waals surface area contributed by atoms with Gasteiger partial charge in [0, 0.05) is 18.1 Å². The zero-order chi connectivity index (χ0) is 10.5. The van der Waals surface area contributed by atoms with Crippen molar-refractivity contribution in [1.82, 2.24) is 5.32 Å². The van der Waals surface area contributed by atoms with Gasteiger partial charge in [-0.15, -0.1) is 0 Å². The maximum absolute atomic E-state index is 11.3. The van der Waals surface area contributed by atoms with Gasteiger partial charge in [-0.2, -0.15) is 0 Å². The summed E-state index contributed by atoms with van der Waals surface area (Å²) in [4.78, 5) is 11.3. The van der Waals surface area contributed by atoms with Gasteiger partial charge in [-0.1, -0.05) is 22.5 Å². The number of carbonyl (C=O) groups excluding carboxylic acids is 1. The molecule has 3 nitrogen and oxygen atoms in total. The monoisotopic (exact) mass is 249 g/mol. The van der Waals surface area contributed by atoms with Crippen LogP contribution in [0, 0.1) is 0 Å². The first-order valence-electron chi connectivity index (χ1n) is 4.02. The van der Waals surface area contributed by atoms with Crippen molar-refractivity contribution in [2.45, 2.75) is 25.9 Å². The first kappa shape index (κ1) is 12.7. The average molecular weight is 250 g/mol. The molecule has 0 radical (unpaired) electrons. The van der Waals surface area contributed by atoms with Crippen molar-refractivity contribution in [2.24, 2.45) is 0 Å². The van der Waals surface area contributed by atoms with Gasteiger partial charge in [0.2, 0.25) is 5.91 Å². The van der Waals surface area contributed by atoms with Gasteiger partial charge in [0.1, 0.15) is 0 Å². The Morgan fingerprint density at radius 2 is 2.15 bits per heavy atom. The Hall–Kier alpha value is -0.350. The number of hydrogen-bond donors (Lipinski definition) is 1. The Morgan fingerprint density at radius 1 is 1.62 bits per heavy atom. The third-order valence-electron chi connectivity index (χ3n) is 1.62. The van der Waals surface area contributed by atoms with Crippen LogP contribution in [-0.2, 0) is 9.53 Å². The van der Waals surface area contributed by atoms with Gasteiger partial charge in [0.15, 0.2) is 0 Å². The number of methoxy groups -OCH3 is 1. The topological polar surface area (TPSA) is 38.3 Å². The molecule has 0 bridgehead atoms. The SMILES string of the molecule is C=C(Br)CNC(=O)CC(C)(C)OC. The van der Waals surface area contributed by atoms with E-state index in [-0.39, 0.29) is 5.91 Å². The third kappa shape index (κ3) is 6.78. The minimum atomic E-state index is -0.405. The van der Waals surface area contributed by atoms with Crippen LogP contribution >= 0.6 is 15.9 Å². The van der Waals surface area contributed by atoms with E-state index >= 15 is 0 Å². The fraction of sp³-hybridized carbons (Fsp3) is 0.667. The highest BCUT2D eigenvalue weighted by Crippen LogP contribution is 2.12. The van der Waals surface area contributed by atoms with Crippen LogP contribution in [0.4, 0.5) is 0 Å². The van der Waals surface area contributed by atoms with Crippen molar-refractivity contribution in [3.05, 3.63) is 11.1 Å². The fourth-order valence-corrected chi connectivity index (χ4v) is 0.856. The summed E-state index contributed by atoms with van der Waals surface area (Å²) in [6, 6.07) is 0. The predicted octanol–water partition coefficient (Wildman–Crippen LogP) is 1.83. The number of halogens is 1. The van der Waals surface area contributed by atoms with Crippen molar-refractivity contribution in [3.63, 3.8) is 0 Å². The highest BCUT2D eigenvalue weighted by molar-refractivity contribution is 9.11. The number of carbonyl (C=O) groups is 1. The van der Waals surface area contributed by atoms with Crippen LogP contribution in [0.5, 0.6) is 0 Å². The number of ether oxygens (including phenoxy) is 1. The molecule has 0 aromatic carbocycles. The van der Waals surface area contributed by atoms with E-state index < -0.39 is 5.60 Å². The van der Waals surface area contributed by atoms with E-state index in [4.69, 9.17) is 4.74 Å². The molecule has 1 amide bonds. The molecule has 0 aliphatic heterocycles. The molecule has 76 valence electrons. The van der Waals surface area contributed by atoms with Gasteiger partial charge in [-0.3, -0.25) is 4.79 Å². The van der Waals surface area contributed by atoms with Crippen LogP contribution in [0.25, 0.3) is 0 Å². The minimum Gasteiger partial charge on any atom is -0.378 e. The standard InChI is InChI=1S/C9H16BrNO2/c1-7(10)6-11-8(12)5-9(2,3)13-4/h1,5-6H2,2-4H3,(H,11,12). The summed E-state index contributed by atoms with van der Waals surface area (Å²) < 4.78 is 5.88. The Morgan fingerprint density at radius 3 is 2.54 bits per heavy atom. The predicted molar refractivity (Wildman–Crippen MR) is 56.8 cm³/mol.